The lowest BCUT2D eigenvalue weighted by atomic mass is 9.86. The number of carbonyl (C=O) groups is 1. The van der Waals surface area contributed by atoms with E-state index in [1.165, 1.54) is 0 Å². The fourth-order valence-electron chi connectivity index (χ4n) is 1.48. The summed E-state index contributed by atoms with van der Waals surface area (Å²) < 4.78 is 5.35. The Morgan fingerprint density at radius 3 is 2.35 bits per heavy atom. The highest BCUT2D eigenvalue weighted by atomic mass is 16.5. The summed E-state index contributed by atoms with van der Waals surface area (Å²) in [6.07, 6.45) is 1.40. The summed E-state index contributed by atoms with van der Waals surface area (Å²) in [7, 11) is 0. The summed E-state index contributed by atoms with van der Waals surface area (Å²) in [6.45, 7) is 6.11. The van der Waals surface area contributed by atoms with Gasteiger partial charge in [0.1, 0.15) is 5.75 Å². The maximum Gasteiger partial charge on any atom is 0.309 e. The molecule has 0 saturated heterocycles. The number of aryl methyl sites for hydroxylation is 1. The van der Waals surface area contributed by atoms with E-state index in [-0.39, 0.29) is 0 Å². The highest BCUT2D eigenvalue weighted by Gasteiger charge is 2.26. The van der Waals surface area contributed by atoms with Gasteiger partial charge in [-0.25, -0.2) is 0 Å². The molecule has 0 unspecified atom stereocenters. The third kappa shape index (κ3) is 4.10. The van der Waals surface area contributed by atoms with Crippen molar-refractivity contribution in [3.05, 3.63) is 29.8 Å². The summed E-state index contributed by atoms with van der Waals surface area (Å²) in [5.74, 6) is 0.109. The normalized spacial score (nSPS) is 11.2. The van der Waals surface area contributed by atoms with E-state index in [0.29, 0.717) is 13.0 Å². The largest absolute Gasteiger partial charge is 0.494 e. The number of ether oxygens (including phenoxy) is 1. The van der Waals surface area contributed by atoms with Crippen LogP contribution in [-0.4, -0.2) is 17.7 Å². The minimum absolute atomic E-state index is 0.635. The molecule has 1 aromatic carbocycles. The summed E-state index contributed by atoms with van der Waals surface area (Å²) in [5, 5.41) is 9.01. The first-order valence-electron chi connectivity index (χ1n) is 5.91. The Morgan fingerprint density at radius 2 is 1.88 bits per heavy atom. The zero-order valence-corrected chi connectivity index (χ0v) is 10.7. The van der Waals surface area contributed by atoms with Crippen molar-refractivity contribution in [1.29, 1.82) is 0 Å². The summed E-state index contributed by atoms with van der Waals surface area (Å²) >= 11 is 0. The lowest BCUT2D eigenvalue weighted by Gasteiger charge is -2.18. The summed E-state index contributed by atoms with van der Waals surface area (Å²) in [4.78, 5) is 11.0. The first kappa shape index (κ1) is 13.6. The molecule has 0 atom stereocenters. The Kier molecular flexibility index (Phi) is 4.55. The highest BCUT2D eigenvalue weighted by Crippen LogP contribution is 2.23. The van der Waals surface area contributed by atoms with E-state index >= 15 is 0 Å². The zero-order chi connectivity index (χ0) is 12.9. The van der Waals surface area contributed by atoms with Crippen molar-refractivity contribution in [2.75, 3.05) is 6.61 Å². The topological polar surface area (TPSA) is 46.5 Å². The first-order chi connectivity index (χ1) is 7.95. The van der Waals surface area contributed by atoms with Crippen molar-refractivity contribution in [3.63, 3.8) is 0 Å². The molecule has 0 fully saturated rings. The Morgan fingerprint density at radius 1 is 1.29 bits per heavy atom. The molecule has 17 heavy (non-hydrogen) atoms. The Labute approximate surface area is 102 Å². The van der Waals surface area contributed by atoms with Gasteiger partial charge in [-0.05, 0) is 51.3 Å². The number of benzene rings is 1. The molecule has 1 aromatic rings. The summed E-state index contributed by atoms with van der Waals surface area (Å²) in [6, 6.07) is 7.82. The standard InChI is InChI=1S/C14H20O3/c1-4-17-12-7-5-11(6-8-12)9-10-14(2,3)13(15)16/h5-8H,4,9-10H2,1-3H3,(H,15,16). The van der Waals surface area contributed by atoms with Crippen LogP contribution in [0.25, 0.3) is 0 Å². The molecule has 0 aliphatic rings. The average molecular weight is 236 g/mol. The van der Waals surface area contributed by atoms with E-state index in [9.17, 15) is 4.79 Å². The fraction of sp³-hybridized carbons (Fsp3) is 0.500. The molecule has 94 valence electrons. The van der Waals surface area contributed by atoms with Gasteiger partial charge in [-0.3, -0.25) is 4.79 Å². The number of aliphatic carboxylic acids is 1. The molecule has 0 spiro atoms. The highest BCUT2D eigenvalue weighted by molar-refractivity contribution is 5.73. The quantitative estimate of drug-likeness (QED) is 0.825. The Bertz CT molecular complexity index is 366. The average Bonchev–Trinajstić information content (AvgIpc) is 2.28. The van der Waals surface area contributed by atoms with Crippen LogP contribution in [0.5, 0.6) is 5.75 Å². The second kappa shape index (κ2) is 5.71. The van der Waals surface area contributed by atoms with Gasteiger partial charge in [-0.15, -0.1) is 0 Å². The van der Waals surface area contributed by atoms with Gasteiger partial charge in [0.05, 0.1) is 12.0 Å². The molecule has 0 aliphatic carbocycles. The van der Waals surface area contributed by atoms with Crippen LogP contribution >= 0.6 is 0 Å². The minimum Gasteiger partial charge on any atom is -0.494 e. The maximum atomic E-state index is 11.0. The van der Waals surface area contributed by atoms with Gasteiger partial charge in [0.15, 0.2) is 0 Å². The van der Waals surface area contributed by atoms with Gasteiger partial charge in [0.25, 0.3) is 0 Å². The van der Waals surface area contributed by atoms with Crippen LogP contribution < -0.4 is 4.74 Å². The van der Waals surface area contributed by atoms with Gasteiger partial charge in [0.2, 0.25) is 0 Å². The van der Waals surface area contributed by atoms with Crippen molar-refractivity contribution >= 4 is 5.97 Å². The third-order valence-electron chi connectivity index (χ3n) is 2.85. The molecule has 0 saturated carbocycles. The van der Waals surface area contributed by atoms with Crippen LogP contribution in [0.4, 0.5) is 0 Å². The van der Waals surface area contributed by atoms with Gasteiger partial charge < -0.3 is 9.84 Å². The van der Waals surface area contributed by atoms with E-state index < -0.39 is 11.4 Å². The SMILES string of the molecule is CCOc1ccc(CCC(C)(C)C(=O)O)cc1. The number of carboxylic acid groups (broad SMARTS) is 1. The second-order valence-electron chi connectivity index (χ2n) is 4.77. The van der Waals surface area contributed by atoms with Crippen LogP contribution in [0.2, 0.25) is 0 Å². The van der Waals surface area contributed by atoms with Crippen LogP contribution in [0.1, 0.15) is 32.8 Å². The van der Waals surface area contributed by atoms with E-state index in [0.717, 1.165) is 17.7 Å². The maximum absolute atomic E-state index is 11.0. The Balaban J connectivity index is 2.55. The van der Waals surface area contributed by atoms with E-state index in [1.807, 2.05) is 31.2 Å². The minimum atomic E-state index is -0.747. The van der Waals surface area contributed by atoms with Crippen LogP contribution in [-0.2, 0) is 11.2 Å². The fourth-order valence-corrected chi connectivity index (χ4v) is 1.48. The van der Waals surface area contributed by atoms with E-state index in [4.69, 9.17) is 9.84 Å². The van der Waals surface area contributed by atoms with Gasteiger partial charge in [-0.1, -0.05) is 12.1 Å². The monoisotopic (exact) mass is 236 g/mol. The van der Waals surface area contributed by atoms with Crippen molar-refractivity contribution in [3.8, 4) is 5.75 Å². The summed E-state index contributed by atoms with van der Waals surface area (Å²) in [5.41, 5.74) is 0.473. The third-order valence-corrected chi connectivity index (χ3v) is 2.85. The smallest absolute Gasteiger partial charge is 0.309 e. The number of rotatable bonds is 6. The van der Waals surface area contributed by atoms with Gasteiger partial charge in [-0.2, -0.15) is 0 Å². The predicted molar refractivity (Wildman–Crippen MR) is 67.3 cm³/mol. The van der Waals surface area contributed by atoms with Crippen LogP contribution in [0.3, 0.4) is 0 Å². The lowest BCUT2D eigenvalue weighted by Crippen LogP contribution is -2.24. The van der Waals surface area contributed by atoms with Crippen molar-refractivity contribution in [2.45, 2.75) is 33.6 Å². The zero-order valence-electron chi connectivity index (χ0n) is 10.7. The van der Waals surface area contributed by atoms with Crippen molar-refractivity contribution in [2.24, 2.45) is 5.41 Å². The molecule has 0 amide bonds. The molecule has 1 N–H and O–H groups in total. The Hall–Kier alpha value is -1.51. The van der Waals surface area contributed by atoms with Crippen LogP contribution in [0, 0.1) is 5.41 Å². The van der Waals surface area contributed by atoms with E-state index in [2.05, 4.69) is 0 Å². The molecule has 0 aromatic heterocycles. The van der Waals surface area contributed by atoms with E-state index in [1.54, 1.807) is 13.8 Å². The molecule has 3 nitrogen and oxygen atoms in total. The molecule has 3 heteroatoms. The van der Waals surface area contributed by atoms with Gasteiger partial charge in [0, 0.05) is 0 Å². The molecule has 1 rings (SSSR count). The number of carboxylic acids is 1. The molecular weight excluding hydrogens is 216 g/mol. The van der Waals surface area contributed by atoms with Crippen molar-refractivity contribution < 1.29 is 14.6 Å². The second-order valence-corrected chi connectivity index (χ2v) is 4.77. The molecular formula is C14H20O3. The van der Waals surface area contributed by atoms with Crippen LogP contribution in [0.15, 0.2) is 24.3 Å². The first-order valence-corrected chi connectivity index (χ1v) is 5.91. The molecule has 0 bridgehead atoms. The lowest BCUT2D eigenvalue weighted by molar-refractivity contribution is -0.147. The molecule has 0 heterocycles. The number of hydrogen-bond acceptors (Lipinski definition) is 2. The molecule has 0 radical (unpaired) electrons. The predicted octanol–water partition coefficient (Wildman–Crippen LogP) is 3.13. The number of hydrogen-bond donors (Lipinski definition) is 1. The molecule has 0 aliphatic heterocycles. The van der Waals surface area contributed by atoms with Crippen molar-refractivity contribution in [1.82, 2.24) is 0 Å². The van der Waals surface area contributed by atoms with Gasteiger partial charge >= 0.3 is 5.97 Å².